The summed E-state index contributed by atoms with van der Waals surface area (Å²) in [5.41, 5.74) is 0.967. The highest BCUT2D eigenvalue weighted by Crippen LogP contribution is 2.09. The van der Waals surface area contributed by atoms with Crippen molar-refractivity contribution in [2.45, 2.75) is 13.2 Å². The summed E-state index contributed by atoms with van der Waals surface area (Å²) in [4.78, 5) is 8.55. The molecule has 0 spiro atoms. The molecule has 2 aromatic rings. The molecule has 0 aliphatic heterocycles. The largest absolute Gasteiger partial charge is 0.486 e. The number of aromatic nitrogens is 2. The van der Waals surface area contributed by atoms with Crippen molar-refractivity contribution >= 4 is 0 Å². The molecule has 1 heterocycles. The minimum absolute atomic E-state index is 0.390. The molecule has 0 radical (unpaired) electrons. The second kappa shape index (κ2) is 5.96. The van der Waals surface area contributed by atoms with Crippen LogP contribution in [-0.4, -0.2) is 17.0 Å². The molecule has 1 N–H and O–H groups in total. The predicted octanol–water partition coefficient (Wildman–Crippen LogP) is 1.77. The van der Waals surface area contributed by atoms with Gasteiger partial charge < -0.3 is 10.1 Å². The molecule has 1 aromatic carbocycles. The van der Waals surface area contributed by atoms with E-state index in [4.69, 9.17) is 4.74 Å². The molecule has 0 aliphatic carbocycles. The van der Waals surface area contributed by atoms with Crippen molar-refractivity contribution < 1.29 is 4.74 Å². The highest BCUT2D eigenvalue weighted by molar-refractivity contribution is 5.21. The molecular weight excluding hydrogens is 214 g/mol. The van der Waals surface area contributed by atoms with Crippen molar-refractivity contribution in [1.29, 1.82) is 0 Å². The summed E-state index contributed by atoms with van der Waals surface area (Å²) >= 11 is 0. The number of nitrogens with zero attached hydrogens (tertiary/aromatic N) is 2. The fourth-order valence-corrected chi connectivity index (χ4v) is 1.45. The number of hydrogen-bond donors (Lipinski definition) is 1. The van der Waals surface area contributed by atoms with Gasteiger partial charge in [-0.05, 0) is 25.2 Å². The Labute approximate surface area is 101 Å². The molecule has 1 aromatic heterocycles. The van der Waals surface area contributed by atoms with Gasteiger partial charge in [-0.3, -0.25) is 0 Å². The quantitative estimate of drug-likeness (QED) is 0.849. The monoisotopic (exact) mass is 229 g/mol. The number of hydrogen-bond acceptors (Lipinski definition) is 4. The molecule has 0 aliphatic rings. The molecule has 17 heavy (non-hydrogen) atoms. The van der Waals surface area contributed by atoms with Gasteiger partial charge in [0, 0.05) is 12.7 Å². The van der Waals surface area contributed by atoms with Crippen LogP contribution in [0.5, 0.6) is 5.75 Å². The number of para-hydroxylation sites is 1. The minimum Gasteiger partial charge on any atom is -0.486 e. The highest BCUT2D eigenvalue weighted by Gasteiger charge is 2.00. The van der Waals surface area contributed by atoms with Gasteiger partial charge in [0.1, 0.15) is 12.4 Å². The molecule has 0 fully saturated rings. The van der Waals surface area contributed by atoms with Gasteiger partial charge in [0.15, 0.2) is 5.82 Å². The summed E-state index contributed by atoms with van der Waals surface area (Å²) in [5.74, 6) is 1.52. The first kappa shape index (κ1) is 11.5. The Morgan fingerprint density at radius 3 is 2.76 bits per heavy atom. The van der Waals surface area contributed by atoms with E-state index in [1.165, 1.54) is 0 Å². The molecule has 0 bridgehead atoms. The number of rotatable bonds is 5. The van der Waals surface area contributed by atoms with Crippen molar-refractivity contribution in [1.82, 2.24) is 15.3 Å². The van der Waals surface area contributed by atoms with E-state index >= 15 is 0 Å². The standard InChI is InChI=1S/C13H15N3O/c1-14-9-11-7-8-15-13(16-11)10-17-12-5-3-2-4-6-12/h2-8,14H,9-10H2,1H3. The third-order valence-corrected chi connectivity index (χ3v) is 2.23. The van der Waals surface area contributed by atoms with Crippen LogP contribution in [0, 0.1) is 0 Å². The number of nitrogens with one attached hydrogen (secondary N) is 1. The first-order valence-electron chi connectivity index (χ1n) is 5.52. The second-order valence-corrected chi connectivity index (χ2v) is 3.60. The molecule has 0 unspecified atom stereocenters. The van der Waals surface area contributed by atoms with E-state index in [1.54, 1.807) is 6.20 Å². The third-order valence-electron chi connectivity index (χ3n) is 2.23. The lowest BCUT2D eigenvalue weighted by Crippen LogP contribution is -2.10. The van der Waals surface area contributed by atoms with Crippen LogP contribution in [0.25, 0.3) is 0 Å². The zero-order valence-electron chi connectivity index (χ0n) is 9.76. The summed E-state index contributed by atoms with van der Waals surface area (Å²) in [6.45, 7) is 1.13. The van der Waals surface area contributed by atoms with Crippen molar-refractivity contribution in [2.24, 2.45) is 0 Å². The molecule has 4 nitrogen and oxygen atoms in total. The Morgan fingerprint density at radius 1 is 1.18 bits per heavy atom. The molecule has 2 rings (SSSR count). The van der Waals surface area contributed by atoms with E-state index in [9.17, 15) is 0 Å². The van der Waals surface area contributed by atoms with Gasteiger partial charge in [-0.2, -0.15) is 0 Å². The summed E-state index contributed by atoms with van der Waals surface area (Å²) in [6, 6.07) is 11.6. The predicted molar refractivity (Wildman–Crippen MR) is 65.6 cm³/mol. The highest BCUT2D eigenvalue weighted by atomic mass is 16.5. The van der Waals surface area contributed by atoms with Crippen LogP contribution in [0.1, 0.15) is 11.5 Å². The topological polar surface area (TPSA) is 47.0 Å². The summed E-state index contributed by atoms with van der Waals surface area (Å²) in [7, 11) is 1.89. The zero-order chi connectivity index (χ0) is 11.9. The summed E-state index contributed by atoms with van der Waals surface area (Å²) < 4.78 is 5.58. The fourth-order valence-electron chi connectivity index (χ4n) is 1.45. The van der Waals surface area contributed by atoms with Crippen LogP contribution in [0.2, 0.25) is 0 Å². The maximum Gasteiger partial charge on any atom is 0.166 e. The van der Waals surface area contributed by atoms with Crippen LogP contribution in [0.4, 0.5) is 0 Å². The average molecular weight is 229 g/mol. The van der Waals surface area contributed by atoms with Gasteiger partial charge in [0.05, 0.1) is 5.69 Å². The smallest absolute Gasteiger partial charge is 0.166 e. The number of ether oxygens (including phenoxy) is 1. The van der Waals surface area contributed by atoms with E-state index in [-0.39, 0.29) is 0 Å². The Kier molecular flexibility index (Phi) is 4.05. The SMILES string of the molecule is CNCc1ccnc(COc2ccccc2)n1. The van der Waals surface area contributed by atoms with E-state index in [0.717, 1.165) is 18.0 Å². The van der Waals surface area contributed by atoms with Crippen LogP contribution in [-0.2, 0) is 13.2 Å². The second-order valence-electron chi connectivity index (χ2n) is 3.60. The van der Waals surface area contributed by atoms with E-state index in [2.05, 4.69) is 15.3 Å². The van der Waals surface area contributed by atoms with Crippen molar-refractivity contribution in [2.75, 3.05) is 7.05 Å². The van der Waals surface area contributed by atoms with Gasteiger partial charge in [-0.15, -0.1) is 0 Å². The lowest BCUT2D eigenvalue weighted by molar-refractivity contribution is 0.295. The Hall–Kier alpha value is -1.94. The summed E-state index contributed by atoms with van der Waals surface area (Å²) in [6.07, 6.45) is 1.75. The Bertz CT molecular complexity index is 459. The van der Waals surface area contributed by atoms with Crippen molar-refractivity contribution in [3.63, 3.8) is 0 Å². The van der Waals surface area contributed by atoms with Crippen LogP contribution >= 0.6 is 0 Å². The van der Waals surface area contributed by atoms with E-state index in [0.29, 0.717) is 12.4 Å². The molecule has 0 atom stereocenters. The van der Waals surface area contributed by atoms with Crippen LogP contribution in [0.3, 0.4) is 0 Å². The van der Waals surface area contributed by atoms with Gasteiger partial charge in [0.25, 0.3) is 0 Å². The van der Waals surface area contributed by atoms with Crippen LogP contribution < -0.4 is 10.1 Å². The third kappa shape index (κ3) is 3.53. The van der Waals surface area contributed by atoms with Gasteiger partial charge >= 0.3 is 0 Å². The zero-order valence-corrected chi connectivity index (χ0v) is 9.76. The average Bonchev–Trinajstić information content (AvgIpc) is 2.39. The maximum atomic E-state index is 5.58. The molecule has 88 valence electrons. The molecule has 4 heteroatoms. The van der Waals surface area contributed by atoms with Gasteiger partial charge in [-0.1, -0.05) is 18.2 Å². The minimum atomic E-state index is 0.390. The van der Waals surface area contributed by atoms with Crippen molar-refractivity contribution in [3.05, 3.63) is 54.1 Å². The Balaban J connectivity index is 1.97. The Morgan fingerprint density at radius 2 is 2.00 bits per heavy atom. The van der Waals surface area contributed by atoms with Gasteiger partial charge in [0.2, 0.25) is 0 Å². The first-order chi connectivity index (χ1) is 8.38. The van der Waals surface area contributed by atoms with Crippen molar-refractivity contribution in [3.8, 4) is 5.75 Å². The van der Waals surface area contributed by atoms with Gasteiger partial charge in [-0.25, -0.2) is 9.97 Å². The maximum absolute atomic E-state index is 5.58. The van der Waals surface area contributed by atoms with E-state index in [1.807, 2.05) is 43.4 Å². The lowest BCUT2D eigenvalue weighted by atomic mass is 10.3. The molecule has 0 saturated heterocycles. The van der Waals surface area contributed by atoms with Crippen LogP contribution in [0.15, 0.2) is 42.6 Å². The lowest BCUT2D eigenvalue weighted by Gasteiger charge is -2.06. The van der Waals surface area contributed by atoms with E-state index < -0.39 is 0 Å². The molecular formula is C13H15N3O. The molecule has 0 amide bonds. The fraction of sp³-hybridized carbons (Fsp3) is 0.231. The molecule has 0 saturated carbocycles. The summed E-state index contributed by atoms with van der Waals surface area (Å²) in [5, 5.41) is 3.05. The number of benzene rings is 1. The normalized spacial score (nSPS) is 10.2. The first-order valence-corrected chi connectivity index (χ1v) is 5.52.